The second kappa shape index (κ2) is 7.42. The maximum Gasteiger partial charge on any atom is 0.244 e. The molecule has 0 unspecified atom stereocenters. The first kappa shape index (κ1) is 17.1. The molecule has 0 aliphatic carbocycles. The fraction of sp³-hybridized carbons (Fsp3) is 0.562. The van der Waals surface area contributed by atoms with Crippen molar-refractivity contribution in [3.05, 3.63) is 23.4 Å². The van der Waals surface area contributed by atoms with E-state index in [2.05, 4.69) is 26.9 Å². The zero-order valence-electron chi connectivity index (χ0n) is 14.3. The van der Waals surface area contributed by atoms with Gasteiger partial charge in [0.1, 0.15) is 0 Å². The summed E-state index contributed by atoms with van der Waals surface area (Å²) in [5, 5.41) is 6.09. The largest absolute Gasteiger partial charge is 0.348 e. The number of carbonyl (C=O) groups excluding carboxylic acids is 1. The first-order valence-corrected chi connectivity index (χ1v) is 8.96. The van der Waals surface area contributed by atoms with Crippen LogP contribution >= 0.6 is 11.3 Å². The van der Waals surface area contributed by atoms with Crippen LogP contribution in [0.4, 0.5) is 0 Å². The molecule has 0 spiro atoms. The van der Waals surface area contributed by atoms with Crippen LogP contribution < -0.4 is 0 Å². The van der Waals surface area contributed by atoms with Crippen molar-refractivity contribution in [2.24, 2.45) is 0 Å². The molecule has 1 aliphatic heterocycles. The molecule has 0 N–H and O–H groups in total. The molecular formula is C16H23N5O2S. The van der Waals surface area contributed by atoms with E-state index in [1.165, 1.54) is 0 Å². The maximum atomic E-state index is 11.8. The van der Waals surface area contributed by atoms with Gasteiger partial charge in [-0.2, -0.15) is 4.98 Å². The fourth-order valence-electron chi connectivity index (χ4n) is 2.71. The van der Waals surface area contributed by atoms with Gasteiger partial charge in [-0.1, -0.05) is 11.2 Å². The minimum atomic E-state index is 0.0814. The first-order chi connectivity index (χ1) is 11.5. The second-order valence-corrected chi connectivity index (χ2v) is 7.16. The Bertz CT molecular complexity index is 662. The van der Waals surface area contributed by atoms with Crippen molar-refractivity contribution in [1.29, 1.82) is 0 Å². The van der Waals surface area contributed by atoms with Gasteiger partial charge in [-0.15, -0.1) is 11.3 Å². The Morgan fingerprint density at radius 2 is 2.12 bits per heavy atom. The van der Waals surface area contributed by atoms with Gasteiger partial charge in [0.05, 0.1) is 17.5 Å². The number of carbonyl (C=O) groups is 1. The quantitative estimate of drug-likeness (QED) is 0.816. The number of thiophene rings is 1. The van der Waals surface area contributed by atoms with Crippen LogP contribution in [-0.2, 0) is 4.79 Å². The molecule has 0 aromatic carbocycles. The van der Waals surface area contributed by atoms with E-state index in [1.54, 1.807) is 30.3 Å². The topological polar surface area (TPSA) is 65.7 Å². The molecule has 8 heteroatoms. The Morgan fingerprint density at radius 1 is 1.38 bits per heavy atom. The van der Waals surface area contributed by atoms with E-state index in [0.29, 0.717) is 18.3 Å². The lowest BCUT2D eigenvalue weighted by Crippen LogP contribution is -2.49. The van der Waals surface area contributed by atoms with Crippen LogP contribution in [-0.4, -0.2) is 77.6 Å². The number of piperazine rings is 1. The van der Waals surface area contributed by atoms with Gasteiger partial charge >= 0.3 is 0 Å². The number of likely N-dealkylation sites (N-methyl/N-ethyl adjacent to an activating group) is 1. The lowest BCUT2D eigenvalue weighted by molar-refractivity contribution is -0.130. The molecule has 0 radical (unpaired) electrons. The summed E-state index contributed by atoms with van der Waals surface area (Å²) in [6, 6.07) is 4.05. The van der Waals surface area contributed by atoms with Crippen LogP contribution in [0.15, 0.2) is 22.0 Å². The van der Waals surface area contributed by atoms with E-state index in [-0.39, 0.29) is 11.9 Å². The van der Waals surface area contributed by atoms with E-state index in [9.17, 15) is 4.79 Å². The highest BCUT2D eigenvalue weighted by atomic mass is 32.1. The van der Waals surface area contributed by atoms with Crippen LogP contribution in [0.1, 0.15) is 18.9 Å². The molecule has 1 fully saturated rings. The minimum Gasteiger partial charge on any atom is -0.348 e. The van der Waals surface area contributed by atoms with Crippen molar-refractivity contribution in [2.45, 2.75) is 13.0 Å². The summed E-state index contributed by atoms with van der Waals surface area (Å²) in [7, 11) is 3.59. The molecule has 1 amide bonds. The molecule has 3 heterocycles. The third kappa shape index (κ3) is 3.82. The molecule has 1 aliphatic rings. The maximum absolute atomic E-state index is 11.8. The summed E-state index contributed by atoms with van der Waals surface area (Å²) < 4.78 is 5.46. The molecule has 2 aromatic rings. The molecule has 130 valence electrons. The van der Waals surface area contributed by atoms with Gasteiger partial charge in [-0.3, -0.25) is 14.6 Å². The first-order valence-electron chi connectivity index (χ1n) is 8.08. The van der Waals surface area contributed by atoms with E-state index < -0.39 is 0 Å². The van der Waals surface area contributed by atoms with Crippen LogP contribution in [0.25, 0.3) is 10.7 Å². The van der Waals surface area contributed by atoms with Crippen LogP contribution in [0, 0.1) is 0 Å². The smallest absolute Gasteiger partial charge is 0.244 e. The molecule has 2 aromatic heterocycles. The molecule has 0 bridgehead atoms. The van der Waals surface area contributed by atoms with Gasteiger partial charge in [-0.05, 0) is 18.4 Å². The standard InChI is InChI=1S/C16H23N5O2S/c1-12(16-17-15(18-23-16)13-5-4-10-24-13)21-8-6-20(7-9-21)11-14(22)19(2)3/h4-5,10,12H,6-9,11H2,1-3H3/t12-/m1/s1. The normalized spacial score (nSPS) is 17.8. The van der Waals surface area contributed by atoms with E-state index in [4.69, 9.17) is 4.52 Å². The molecule has 1 saturated heterocycles. The van der Waals surface area contributed by atoms with Crippen molar-refractivity contribution in [2.75, 3.05) is 46.8 Å². The molecule has 3 rings (SSSR count). The summed E-state index contributed by atoms with van der Waals surface area (Å²) in [6.45, 7) is 6.09. The number of aromatic nitrogens is 2. The number of hydrogen-bond acceptors (Lipinski definition) is 7. The Labute approximate surface area is 145 Å². The summed E-state index contributed by atoms with van der Waals surface area (Å²) in [5.74, 6) is 1.45. The van der Waals surface area contributed by atoms with Gasteiger partial charge in [0.25, 0.3) is 0 Å². The lowest BCUT2D eigenvalue weighted by Gasteiger charge is -2.36. The molecule has 0 saturated carbocycles. The van der Waals surface area contributed by atoms with Crippen LogP contribution in [0.2, 0.25) is 0 Å². The van der Waals surface area contributed by atoms with Gasteiger partial charge in [0.2, 0.25) is 17.6 Å². The minimum absolute atomic E-state index is 0.0814. The van der Waals surface area contributed by atoms with E-state index >= 15 is 0 Å². The highest BCUT2D eigenvalue weighted by molar-refractivity contribution is 7.13. The van der Waals surface area contributed by atoms with Gasteiger partial charge in [0.15, 0.2) is 0 Å². The van der Waals surface area contributed by atoms with Crippen molar-refractivity contribution in [3.63, 3.8) is 0 Å². The Kier molecular flexibility index (Phi) is 5.27. The zero-order chi connectivity index (χ0) is 17.1. The third-order valence-electron chi connectivity index (χ3n) is 4.35. The van der Waals surface area contributed by atoms with Crippen molar-refractivity contribution >= 4 is 17.2 Å². The van der Waals surface area contributed by atoms with Gasteiger partial charge in [0, 0.05) is 40.3 Å². The summed E-state index contributed by atoms with van der Waals surface area (Å²) in [5.41, 5.74) is 0. The van der Waals surface area contributed by atoms with Crippen molar-refractivity contribution in [3.8, 4) is 10.7 Å². The Hall–Kier alpha value is -1.77. The number of nitrogens with zero attached hydrogens (tertiary/aromatic N) is 5. The van der Waals surface area contributed by atoms with Crippen molar-refractivity contribution in [1.82, 2.24) is 24.8 Å². The molecular weight excluding hydrogens is 326 g/mol. The SMILES string of the molecule is C[C@H](c1nc(-c2cccs2)no1)N1CCN(CC(=O)N(C)C)CC1. The third-order valence-corrected chi connectivity index (χ3v) is 5.22. The average molecular weight is 349 g/mol. The highest BCUT2D eigenvalue weighted by Gasteiger charge is 2.27. The van der Waals surface area contributed by atoms with E-state index in [0.717, 1.165) is 31.1 Å². The van der Waals surface area contributed by atoms with E-state index in [1.807, 2.05) is 17.5 Å². The summed E-state index contributed by atoms with van der Waals surface area (Å²) in [4.78, 5) is 23.5. The molecule has 7 nitrogen and oxygen atoms in total. The van der Waals surface area contributed by atoms with Crippen molar-refractivity contribution < 1.29 is 9.32 Å². The van der Waals surface area contributed by atoms with Crippen LogP contribution in [0.3, 0.4) is 0 Å². The monoisotopic (exact) mass is 349 g/mol. The Balaban J connectivity index is 1.55. The lowest BCUT2D eigenvalue weighted by atomic mass is 10.2. The highest BCUT2D eigenvalue weighted by Crippen LogP contribution is 2.25. The Morgan fingerprint density at radius 3 is 2.75 bits per heavy atom. The molecule has 1 atom stereocenters. The van der Waals surface area contributed by atoms with Gasteiger partial charge < -0.3 is 9.42 Å². The predicted octanol–water partition coefficient (Wildman–Crippen LogP) is 1.56. The number of rotatable bonds is 5. The molecule has 24 heavy (non-hydrogen) atoms. The fourth-order valence-corrected chi connectivity index (χ4v) is 3.36. The van der Waals surface area contributed by atoms with Gasteiger partial charge in [-0.25, -0.2) is 0 Å². The second-order valence-electron chi connectivity index (χ2n) is 6.21. The zero-order valence-corrected chi connectivity index (χ0v) is 15.1. The average Bonchev–Trinajstić information content (AvgIpc) is 3.26. The van der Waals surface area contributed by atoms with Crippen LogP contribution in [0.5, 0.6) is 0 Å². The number of hydrogen-bond donors (Lipinski definition) is 0. The summed E-state index contributed by atoms with van der Waals surface area (Å²) in [6.07, 6.45) is 0. The summed E-state index contributed by atoms with van der Waals surface area (Å²) >= 11 is 1.60. The number of amides is 1. The predicted molar refractivity (Wildman–Crippen MR) is 92.7 cm³/mol.